The van der Waals surface area contributed by atoms with E-state index >= 15 is 0 Å². The van der Waals surface area contributed by atoms with Crippen LogP contribution in [0.15, 0.2) is 0 Å². The molecule has 8 atom stereocenters. The zero-order chi connectivity index (χ0) is 24.0. The van der Waals surface area contributed by atoms with Crippen molar-refractivity contribution in [2.75, 3.05) is 6.61 Å². The Kier molecular flexibility index (Phi) is 7.28. The molecule has 0 saturated heterocycles. The molecule has 5 rings (SSSR count). The van der Waals surface area contributed by atoms with Gasteiger partial charge in [0.1, 0.15) is 5.78 Å². The number of aliphatic hydroxyl groups excluding tert-OH is 1. The van der Waals surface area contributed by atoms with Gasteiger partial charge in [-0.2, -0.15) is 0 Å². The fourth-order valence-corrected chi connectivity index (χ4v) is 10.4. The summed E-state index contributed by atoms with van der Waals surface area (Å²) in [5, 5.41) is 21.5. The van der Waals surface area contributed by atoms with E-state index in [-0.39, 0.29) is 16.7 Å². The molecule has 0 radical (unpaired) electrons. The number of fused-ring (bicyclic) bond motifs is 5. The summed E-state index contributed by atoms with van der Waals surface area (Å²) in [7, 11) is 0. The molecule has 0 spiro atoms. The molecule has 194 valence electrons. The molecule has 5 aliphatic carbocycles. The molecule has 0 aromatic rings. The predicted octanol–water partition coefficient (Wildman–Crippen LogP) is 7.08. The fourth-order valence-electron chi connectivity index (χ4n) is 10.4. The van der Waals surface area contributed by atoms with Gasteiger partial charge in [-0.15, -0.1) is 0 Å². The summed E-state index contributed by atoms with van der Waals surface area (Å²) in [6.45, 7) is 4.78. The molecule has 0 amide bonds. The monoisotopic (exact) mass is 472 g/mol. The van der Waals surface area contributed by atoms with E-state index in [1.807, 2.05) is 6.92 Å². The smallest absolute Gasteiger partial charge is 0.136 e. The van der Waals surface area contributed by atoms with E-state index < -0.39 is 5.60 Å². The second kappa shape index (κ2) is 9.81. The number of aliphatic hydroxyl groups is 2. The summed E-state index contributed by atoms with van der Waals surface area (Å²) >= 11 is 0. The van der Waals surface area contributed by atoms with E-state index in [1.54, 1.807) is 0 Å². The van der Waals surface area contributed by atoms with E-state index in [2.05, 4.69) is 6.92 Å². The van der Waals surface area contributed by atoms with Crippen LogP contribution >= 0.6 is 0 Å². The second-order valence-corrected chi connectivity index (χ2v) is 14.2. The molecule has 0 aromatic heterocycles. The molecular formula is C31H52O3. The van der Waals surface area contributed by atoms with Crippen molar-refractivity contribution in [3.8, 4) is 0 Å². The highest BCUT2D eigenvalue weighted by atomic mass is 16.3. The minimum Gasteiger partial charge on any atom is -0.396 e. The Morgan fingerprint density at radius 3 is 2.21 bits per heavy atom. The maximum atomic E-state index is 13.8. The van der Waals surface area contributed by atoms with Gasteiger partial charge in [-0.3, -0.25) is 4.79 Å². The predicted molar refractivity (Wildman–Crippen MR) is 137 cm³/mol. The highest BCUT2D eigenvalue weighted by Crippen LogP contribution is 2.68. The first-order valence-electron chi connectivity index (χ1n) is 15.1. The van der Waals surface area contributed by atoms with Gasteiger partial charge in [0.05, 0.1) is 5.60 Å². The molecule has 0 bridgehead atoms. The van der Waals surface area contributed by atoms with E-state index in [0.29, 0.717) is 42.0 Å². The van der Waals surface area contributed by atoms with Gasteiger partial charge in [0, 0.05) is 18.9 Å². The second-order valence-electron chi connectivity index (χ2n) is 14.2. The molecular weight excluding hydrogens is 420 g/mol. The van der Waals surface area contributed by atoms with Gasteiger partial charge in [-0.25, -0.2) is 0 Å². The van der Waals surface area contributed by atoms with Crippen molar-refractivity contribution >= 4 is 5.78 Å². The lowest BCUT2D eigenvalue weighted by atomic mass is 9.43. The molecule has 5 fully saturated rings. The van der Waals surface area contributed by atoms with Crippen molar-refractivity contribution in [1.82, 2.24) is 0 Å². The molecule has 5 aliphatic rings. The first-order valence-corrected chi connectivity index (χ1v) is 15.1. The summed E-state index contributed by atoms with van der Waals surface area (Å²) < 4.78 is 0. The van der Waals surface area contributed by atoms with Crippen LogP contribution in [0.2, 0.25) is 0 Å². The van der Waals surface area contributed by atoms with E-state index in [4.69, 9.17) is 0 Å². The number of hydrogen-bond acceptors (Lipinski definition) is 3. The van der Waals surface area contributed by atoms with Crippen LogP contribution in [0.5, 0.6) is 0 Å². The van der Waals surface area contributed by atoms with Crippen LogP contribution < -0.4 is 0 Å². The number of ketones is 1. The Hall–Kier alpha value is -0.410. The molecule has 5 saturated carbocycles. The molecule has 0 heterocycles. The zero-order valence-electron chi connectivity index (χ0n) is 22.2. The van der Waals surface area contributed by atoms with Gasteiger partial charge in [0.2, 0.25) is 0 Å². The number of carbonyl (C=O) groups is 1. The fraction of sp³-hybridized carbons (Fsp3) is 0.968. The first kappa shape index (κ1) is 25.2. The Balaban J connectivity index is 1.29. The lowest BCUT2D eigenvalue weighted by Crippen LogP contribution is -2.58. The van der Waals surface area contributed by atoms with Crippen LogP contribution in [0.3, 0.4) is 0 Å². The van der Waals surface area contributed by atoms with Crippen LogP contribution in [0.1, 0.15) is 129 Å². The number of hydrogen-bond donors (Lipinski definition) is 2. The van der Waals surface area contributed by atoms with Crippen molar-refractivity contribution in [2.45, 2.75) is 135 Å². The standard InChI is InChI=1S/C31H52O3/c1-29(34)17-18-31(21-32)23(20-29)11-12-24-25-13-14-27(30(25,2)16-15-26(24)31)28(33)19-22-9-7-5-3-4-6-8-10-22/h22-27,32,34H,3-21H2,1-2H3. The van der Waals surface area contributed by atoms with Crippen LogP contribution in [-0.4, -0.2) is 28.2 Å². The summed E-state index contributed by atoms with van der Waals surface area (Å²) in [6.07, 6.45) is 21.3. The van der Waals surface area contributed by atoms with Crippen molar-refractivity contribution in [1.29, 1.82) is 0 Å². The van der Waals surface area contributed by atoms with Crippen molar-refractivity contribution in [3.63, 3.8) is 0 Å². The van der Waals surface area contributed by atoms with Gasteiger partial charge < -0.3 is 10.2 Å². The molecule has 2 N–H and O–H groups in total. The number of rotatable bonds is 4. The number of Topliss-reactive ketones (excluding diaryl/α,β-unsaturated/α-hetero) is 1. The quantitative estimate of drug-likeness (QED) is 0.460. The maximum Gasteiger partial charge on any atom is 0.136 e. The molecule has 34 heavy (non-hydrogen) atoms. The van der Waals surface area contributed by atoms with E-state index in [1.165, 1.54) is 77.0 Å². The lowest BCUT2D eigenvalue weighted by Gasteiger charge is -2.62. The van der Waals surface area contributed by atoms with E-state index in [9.17, 15) is 15.0 Å². The van der Waals surface area contributed by atoms with Gasteiger partial charge >= 0.3 is 0 Å². The average molecular weight is 473 g/mol. The highest BCUT2D eigenvalue weighted by molar-refractivity contribution is 5.82. The topological polar surface area (TPSA) is 57.5 Å². The van der Waals surface area contributed by atoms with Gasteiger partial charge in [0.25, 0.3) is 0 Å². The SMILES string of the molecule is CC1(O)CCC2(CO)C(CCC3C4CCC(C(=O)CC5CCCCCCCC5)C4(C)CCC32)C1. The van der Waals surface area contributed by atoms with Crippen LogP contribution in [0, 0.1) is 46.3 Å². The largest absolute Gasteiger partial charge is 0.396 e. The molecule has 0 aliphatic heterocycles. The third kappa shape index (κ3) is 4.44. The van der Waals surface area contributed by atoms with Crippen LogP contribution in [0.4, 0.5) is 0 Å². The summed E-state index contributed by atoms with van der Waals surface area (Å²) in [5.74, 6) is 3.91. The minimum atomic E-state index is -0.555. The Labute approximate surface area is 208 Å². The summed E-state index contributed by atoms with van der Waals surface area (Å²) in [6, 6.07) is 0. The molecule has 8 unspecified atom stereocenters. The summed E-state index contributed by atoms with van der Waals surface area (Å²) in [4.78, 5) is 13.8. The van der Waals surface area contributed by atoms with Crippen LogP contribution in [0.25, 0.3) is 0 Å². The van der Waals surface area contributed by atoms with Crippen molar-refractivity contribution in [2.24, 2.45) is 46.3 Å². The van der Waals surface area contributed by atoms with Gasteiger partial charge in [-0.05, 0) is 105 Å². The Bertz CT molecular complexity index is 720. The van der Waals surface area contributed by atoms with Crippen molar-refractivity contribution < 1.29 is 15.0 Å². The normalized spacial score (nSPS) is 48.1. The van der Waals surface area contributed by atoms with E-state index in [0.717, 1.165) is 38.5 Å². The molecule has 3 heteroatoms. The lowest BCUT2D eigenvalue weighted by molar-refractivity contribution is -0.171. The summed E-state index contributed by atoms with van der Waals surface area (Å²) in [5.41, 5.74) is -0.355. The maximum absolute atomic E-state index is 13.8. The number of carbonyl (C=O) groups excluding carboxylic acids is 1. The molecule has 3 nitrogen and oxygen atoms in total. The first-order chi connectivity index (χ1) is 16.3. The Morgan fingerprint density at radius 2 is 1.50 bits per heavy atom. The molecule has 0 aromatic carbocycles. The third-order valence-corrected chi connectivity index (χ3v) is 12.3. The Morgan fingerprint density at radius 1 is 0.794 bits per heavy atom. The van der Waals surface area contributed by atoms with Crippen molar-refractivity contribution in [3.05, 3.63) is 0 Å². The van der Waals surface area contributed by atoms with Gasteiger partial charge in [-0.1, -0.05) is 58.3 Å². The zero-order valence-corrected chi connectivity index (χ0v) is 22.2. The minimum absolute atomic E-state index is 0.0198. The average Bonchev–Trinajstić information content (AvgIpc) is 3.22. The van der Waals surface area contributed by atoms with Gasteiger partial charge in [0.15, 0.2) is 0 Å². The highest BCUT2D eigenvalue weighted by Gasteiger charge is 2.62. The third-order valence-electron chi connectivity index (χ3n) is 12.3. The van der Waals surface area contributed by atoms with Crippen LogP contribution in [-0.2, 0) is 4.79 Å².